The topological polar surface area (TPSA) is 80.3 Å². The van der Waals surface area contributed by atoms with E-state index in [1.807, 2.05) is 0 Å². The van der Waals surface area contributed by atoms with Gasteiger partial charge >= 0.3 is 47.4 Å². The van der Waals surface area contributed by atoms with Crippen LogP contribution in [0.25, 0.3) is 0 Å². The summed E-state index contributed by atoms with van der Waals surface area (Å²) in [6, 6.07) is 3.15. The smallest absolute Gasteiger partial charge is 0.382 e. The van der Waals surface area contributed by atoms with Gasteiger partial charge in [-0.15, -0.1) is 0 Å². The number of hydrogen-bond acceptors (Lipinski definition) is 7. The SMILES string of the molecule is COCCOCCOCCOCC(F)(F)C(F)(F)C(F)(F)C(F)(F)C(F)(F)C(F)(F)C(F)(F)C(F)(F)COS(=O)(=O)c1ccc(C)cc1. The average molecular weight is 762 g/mol. The standard InChI is InChI=1S/C24H26F16O7S/c1-15-3-5-16(6-4-15)48(41,42)47-14-18(27,28)20(31,32)22(35,36)24(39,40)23(37,38)21(33,34)19(29,30)17(25,26)13-46-12-11-45-10-9-44-8-7-43-2/h3-6H,7-14H2,1-2H3. The Hall–Kier alpha value is -2.15. The van der Waals surface area contributed by atoms with Crippen molar-refractivity contribution in [1.82, 2.24) is 0 Å². The van der Waals surface area contributed by atoms with E-state index in [9.17, 15) is 78.7 Å². The van der Waals surface area contributed by atoms with Gasteiger partial charge in [-0.3, -0.25) is 4.18 Å². The van der Waals surface area contributed by atoms with Crippen LogP contribution >= 0.6 is 0 Å². The largest absolute Gasteiger partial charge is 0.385 e. The van der Waals surface area contributed by atoms with Crippen LogP contribution in [0.2, 0.25) is 0 Å². The summed E-state index contributed by atoms with van der Waals surface area (Å²) in [7, 11) is -4.25. The van der Waals surface area contributed by atoms with Crippen LogP contribution in [0.1, 0.15) is 5.56 Å². The maximum Gasteiger partial charge on any atom is 0.385 e. The Morgan fingerprint density at radius 3 is 1.23 bits per heavy atom. The van der Waals surface area contributed by atoms with Crippen molar-refractivity contribution >= 4 is 10.1 Å². The number of rotatable bonds is 22. The molecule has 7 nitrogen and oxygen atoms in total. The monoisotopic (exact) mass is 762 g/mol. The fourth-order valence-electron chi connectivity index (χ4n) is 3.14. The Balaban J connectivity index is 3.17. The highest BCUT2D eigenvalue weighted by Gasteiger charge is 2.94. The molecular formula is C24H26F16O7S. The molecule has 282 valence electrons. The molecule has 0 aliphatic carbocycles. The van der Waals surface area contributed by atoms with Crippen LogP contribution in [-0.4, -0.2) is 116 Å². The minimum Gasteiger partial charge on any atom is -0.382 e. The van der Waals surface area contributed by atoms with E-state index in [4.69, 9.17) is 9.47 Å². The lowest BCUT2D eigenvalue weighted by Gasteiger charge is -2.43. The first kappa shape index (κ1) is 43.9. The Morgan fingerprint density at radius 1 is 0.500 bits per heavy atom. The van der Waals surface area contributed by atoms with Crippen molar-refractivity contribution in [2.75, 3.05) is 60.0 Å². The number of methoxy groups -OCH3 is 1. The van der Waals surface area contributed by atoms with Gasteiger partial charge in [-0.1, -0.05) is 17.7 Å². The first-order valence-electron chi connectivity index (χ1n) is 12.7. The summed E-state index contributed by atoms with van der Waals surface area (Å²) in [5, 5.41) is 0. The van der Waals surface area contributed by atoms with Crippen LogP contribution in [0.4, 0.5) is 70.2 Å². The third-order valence-electron chi connectivity index (χ3n) is 6.05. The summed E-state index contributed by atoms with van der Waals surface area (Å²) >= 11 is 0. The molecule has 0 aromatic heterocycles. The molecule has 0 fully saturated rings. The molecule has 0 atom stereocenters. The van der Waals surface area contributed by atoms with Crippen LogP contribution in [0.15, 0.2) is 29.2 Å². The van der Waals surface area contributed by atoms with Gasteiger partial charge in [-0.2, -0.15) is 78.7 Å². The molecule has 0 unspecified atom stereocenters. The Labute approximate surface area is 261 Å². The molecule has 0 amide bonds. The molecule has 0 N–H and O–H groups in total. The summed E-state index contributed by atoms with van der Waals surface area (Å²) in [6.45, 7) is -7.25. The van der Waals surface area contributed by atoms with E-state index in [0.717, 1.165) is 12.1 Å². The molecule has 0 aliphatic rings. The number of hydrogen-bond donors (Lipinski definition) is 0. The molecule has 0 aliphatic heterocycles. The average Bonchev–Trinajstić information content (AvgIpc) is 2.96. The molecule has 48 heavy (non-hydrogen) atoms. The van der Waals surface area contributed by atoms with Gasteiger partial charge in [0.05, 0.1) is 44.5 Å². The predicted octanol–water partition coefficient (Wildman–Crippen LogP) is 6.48. The number of aryl methyl sites for hydroxylation is 1. The van der Waals surface area contributed by atoms with Gasteiger partial charge in [0, 0.05) is 7.11 Å². The van der Waals surface area contributed by atoms with Crippen molar-refractivity contribution in [3.63, 3.8) is 0 Å². The van der Waals surface area contributed by atoms with Crippen molar-refractivity contribution < 1.29 is 102 Å². The van der Waals surface area contributed by atoms with Gasteiger partial charge in [-0.25, -0.2) is 0 Å². The highest BCUT2D eigenvalue weighted by Crippen LogP contribution is 2.63. The molecule has 0 bridgehead atoms. The van der Waals surface area contributed by atoms with Gasteiger partial charge in [0.15, 0.2) is 0 Å². The molecule has 0 saturated carbocycles. The zero-order valence-electron chi connectivity index (χ0n) is 24.3. The highest BCUT2D eigenvalue weighted by atomic mass is 32.2. The first-order valence-corrected chi connectivity index (χ1v) is 14.1. The molecule has 1 aromatic rings. The second kappa shape index (κ2) is 15.4. The van der Waals surface area contributed by atoms with Crippen LogP contribution in [0.3, 0.4) is 0 Å². The first-order chi connectivity index (χ1) is 21.5. The molecule has 24 heteroatoms. The van der Waals surface area contributed by atoms with Gasteiger partial charge in [0.1, 0.15) is 13.2 Å². The van der Waals surface area contributed by atoms with E-state index in [1.165, 1.54) is 14.0 Å². The van der Waals surface area contributed by atoms with E-state index >= 15 is 0 Å². The molecule has 0 radical (unpaired) electrons. The van der Waals surface area contributed by atoms with Gasteiger partial charge in [0.2, 0.25) is 0 Å². The Bertz CT molecular complexity index is 1280. The summed E-state index contributed by atoms with van der Waals surface area (Å²) in [4.78, 5) is -1.10. The molecule has 0 heterocycles. The van der Waals surface area contributed by atoms with E-state index in [-0.39, 0.29) is 26.4 Å². The zero-order valence-corrected chi connectivity index (χ0v) is 25.1. The lowest BCUT2D eigenvalue weighted by molar-refractivity contribution is -0.454. The van der Waals surface area contributed by atoms with E-state index < -0.39 is 88.8 Å². The maximum atomic E-state index is 14.1. The van der Waals surface area contributed by atoms with Gasteiger partial charge in [0.25, 0.3) is 10.1 Å². The maximum absolute atomic E-state index is 14.1. The van der Waals surface area contributed by atoms with Crippen LogP contribution < -0.4 is 0 Å². The fourth-order valence-corrected chi connectivity index (χ4v) is 4.04. The van der Waals surface area contributed by atoms with Gasteiger partial charge < -0.3 is 18.9 Å². The molecule has 0 spiro atoms. The van der Waals surface area contributed by atoms with Crippen LogP contribution in [0, 0.1) is 6.92 Å². The Kier molecular flexibility index (Phi) is 14.1. The van der Waals surface area contributed by atoms with Crippen LogP contribution in [-0.2, 0) is 33.2 Å². The molecule has 1 rings (SSSR count). The molecule has 0 saturated heterocycles. The van der Waals surface area contributed by atoms with E-state index in [1.54, 1.807) is 0 Å². The number of ether oxygens (including phenoxy) is 4. The quantitative estimate of drug-likeness (QED) is 0.0761. The van der Waals surface area contributed by atoms with Crippen molar-refractivity contribution in [3.8, 4) is 0 Å². The van der Waals surface area contributed by atoms with Crippen molar-refractivity contribution in [2.24, 2.45) is 0 Å². The Morgan fingerprint density at radius 2 is 0.833 bits per heavy atom. The second-order valence-electron chi connectivity index (χ2n) is 9.65. The van der Waals surface area contributed by atoms with E-state index in [0.29, 0.717) is 17.7 Å². The van der Waals surface area contributed by atoms with Crippen molar-refractivity contribution in [2.45, 2.75) is 59.2 Å². The zero-order chi connectivity index (χ0) is 37.7. The van der Waals surface area contributed by atoms with E-state index in [2.05, 4.69) is 13.7 Å². The lowest BCUT2D eigenvalue weighted by Crippen LogP contribution is -2.75. The number of alkyl halides is 16. The highest BCUT2D eigenvalue weighted by molar-refractivity contribution is 7.86. The second-order valence-corrected chi connectivity index (χ2v) is 11.3. The number of halogens is 16. The fraction of sp³-hybridized carbons (Fsp3) is 0.750. The summed E-state index contributed by atoms with van der Waals surface area (Å²) in [6.07, 6.45) is 0. The minimum absolute atomic E-state index is 0.0782. The summed E-state index contributed by atoms with van der Waals surface area (Å²) < 4.78 is 270. The van der Waals surface area contributed by atoms with Gasteiger partial charge in [-0.05, 0) is 19.1 Å². The third kappa shape index (κ3) is 8.58. The minimum atomic E-state index is -8.67. The third-order valence-corrected chi connectivity index (χ3v) is 7.33. The summed E-state index contributed by atoms with van der Waals surface area (Å²) in [5.41, 5.74) is 0.322. The molecular weight excluding hydrogens is 736 g/mol. The predicted molar refractivity (Wildman–Crippen MR) is 128 cm³/mol. The van der Waals surface area contributed by atoms with Crippen molar-refractivity contribution in [3.05, 3.63) is 29.8 Å². The number of benzene rings is 1. The summed E-state index contributed by atoms with van der Waals surface area (Å²) in [5.74, 6) is -63.6. The molecule has 1 aromatic carbocycles. The van der Waals surface area contributed by atoms with Crippen LogP contribution in [0.5, 0.6) is 0 Å². The van der Waals surface area contributed by atoms with Crippen molar-refractivity contribution in [1.29, 1.82) is 0 Å². The lowest BCUT2D eigenvalue weighted by atomic mass is 9.88. The normalized spacial score (nSPS) is 14.9.